The molecule has 0 aromatic carbocycles. The fraction of sp³-hybridized carbons (Fsp3) is 0.222. The van der Waals surface area contributed by atoms with E-state index >= 15 is 0 Å². The van der Waals surface area contributed by atoms with Gasteiger partial charge in [0.2, 0.25) is 0 Å². The van der Waals surface area contributed by atoms with Gasteiger partial charge in [-0.25, -0.2) is 15.0 Å². The minimum atomic E-state index is 0.474. The Kier molecular flexibility index (Phi) is 2.74. The number of aromatic nitrogens is 3. The second-order valence-electron chi connectivity index (χ2n) is 2.83. The molecule has 0 aliphatic heterocycles. The van der Waals surface area contributed by atoms with Gasteiger partial charge in [-0.2, -0.15) is 0 Å². The lowest BCUT2D eigenvalue weighted by Crippen LogP contribution is -1.96. The van der Waals surface area contributed by atoms with Crippen molar-refractivity contribution < 1.29 is 0 Å². The van der Waals surface area contributed by atoms with Crippen molar-refractivity contribution in [2.45, 2.75) is 13.3 Å². The molecule has 0 saturated carbocycles. The van der Waals surface area contributed by atoms with E-state index in [1.807, 2.05) is 12.3 Å². The molecule has 72 valence electrons. The second kappa shape index (κ2) is 4.02. The summed E-state index contributed by atoms with van der Waals surface area (Å²) in [7, 11) is 0. The first-order valence-electron chi connectivity index (χ1n) is 4.12. The molecule has 14 heavy (non-hydrogen) atoms. The standard InChI is InChI=1S/C9H8ClN3S/c1-6-12-7(5-14-6)4-9-11-3-2-8(10)13-9/h2-3,5H,4H2,1H3. The van der Waals surface area contributed by atoms with Crippen molar-refractivity contribution in [1.29, 1.82) is 0 Å². The molecule has 2 rings (SSSR count). The number of halogens is 1. The summed E-state index contributed by atoms with van der Waals surface area (Å²) >= 11 is 7.38. The van der Waals surface area contributed by atoms with Crippen molar-refractivity contribution in [3.63, 3.8) is 0 Å². The summed E-state index contributed by atoms with van der Waals surface area (Å²) in [5.74, 6) is 0.711. The summed E-state index contributed by atoms with van der Waals surface area (Å²) in [6, 6.07) is 1.66. The van der Waals surface area contributed by atoms with Crippen molar-refractivity contribution in [3.05, 3.63) is 39.3 Å². The van der Waals surface area contributed by atoms with Crippen LogP contribution in [0.4, 0.5) is 0 Å². The van der Waals surface area contributed by atoms with Crippen molar-refractivity contribution in [1.82, 2.24) is 15.0 Å². The fourth-order valence-electron chi connectivity index (χ4n) is 1.11. The third-order valence-corrected chi connectivity index (χ3v) is 2.71. The summed E-state index contributed by atoms with van der Waals surface area (Å²) in [5, 5.41) is 3.54. The molecule has 0 aliphatic carbocycles. The highest BCUT2D eigenvalue weighted by Gasteiger charge is 2.02. The molecule has 0 spiro atoms. The molecule has 0 bridgehead atoms. The number of rotatable bonds is 2. The highest BCUT2D eigenvalue weighted by molar-refractivity contribution is 7.09. The van der Waals surface area contributed by atoms with Gasteiger partial charge in [0.1, 0.15) is 11.0 Å². The third-order valence-electron chi connectivity index (χ3n) is 1.68. The minimum absolute atomic E-state index is 0.474. The first-order chi connectivity index (χ1) is 6.74. The van der Waals surface area contributed by atoms with Crippen molar-refractivity contribution >= 4 is 22.9 Å². The Bertz CT molecular complexity index is 441. The predicted octanol–water partition coefficient (Wildman–Crippen LogP) is 2.49. The van der Waals surface area contributed by atoms with Gasteiger partial charge in [0.25, 0.3) is 0 Å². The zero-order valence-corrected chi connectivity index (χ0v) is 9.14. The Morgan fingerprint density at radius 2 is 2.29 bits per heavy atom. The first-order valence-corrected chi connectivity index (χ1v) is 5.38. The van der Waals surface area contributed by atoms with Gasteiger partial charge in [0.15, 0.2) is 0 Å². The average molecular weight is 226 g/mol. The Morgan fingerprint density at radius 1 is 1.43 bits per heavy atom. The van der Waals surface area contributed by atoms with Crippen LogP contribution in [-0.4, -0.2) is 15.0 Å². The van der Waals surface area contributed by atoms with Crippen LogP contribution in [0.2, 0.25) is 5.15 Å². The molecular weight excluding hydrogens is 218 g/mol. The van der Waals surface area contributed by atoms with Crippen LogP contribution in [0.25, 0.3) is 0 Å². The maximum atomic E-state index is 5.75. The molecule has 3 nitrogen and oxygen atoms in total. The number of hydrogen-bond donors (Lipinski definition) is 0. The Balaban J connectivity index is 2.18. The Labute approximate surface area is 90.8 Å². The summed E-state index contributed by atoms with van der Waals surface area (Å²) in [6.07, 6.45) is 2.30. The number of nitrogens with zero attached hydrogens (tertiary/aromatic N) is 3. The van der Waals surface area contributed by atoms with E-state index in [1.165, 1.54) is 0 Å². The normalized spacial score (nSPS) is 10.4. The Hall–Kier alpha value is -1.00. The lowest BCUT2D eigenvalue weighted by molar-refractivity contribution is 0.940. The molecule has 5 heteroatoms. The summed E-state index contributed by atoms with van der Waals surface area (Å²) in [6.45, 7) is 1.98. The van der Waals surface area contributed by atoms with Gasteiger partial charge >= 0.3 is 0 Å². The smallest absolute Gasteiger partial charge is 0.135 e. The number of hydrogen-bond acceptors (Lipinski definition) is 4. The van der Waals surface area contributed by atoms with Crippen LogP contribution in [0.1, 0.15) is 16.5 Å². The number of aryl methyl sites for hydroxylation is 1. The quantitative estimate of drug-likeness (QED) is 0.738. The van der Waals surface area contributed by atoms with Crippen LogP contribution in [0.5, 0.6) is 0 Å². The largest absolute Gasteiger partial charge is 0.246 e. The van der Waals surface area contributed by atoms with Crippen molar-refractivity contribution in [3.8, 4) is 0 Å². The van der Waals surface area contributed by atoms with Gasteiger partial charge in [0.05, 0.1) is 17.1 Å². The van der Waals surface area contributed by atoms with E-state index in [0.717, 1.165) is 10.7 Å². The van der Waals surface area contributed by atoms with E-state index < -0.39 is 0 Å². The predicted molar refractivity (Wildman–Crippen MR) is 56.7 cm³/mol. The van der Waals surface area contributed by atoms with Crippen molar-refractivity contribution in [2.75, 3.05) is 0 Å². The van der Waals surface area contributed by atoms with E-state index in [2.05, 4.69) is 15.0 Å². The molecule has 0 fully saturated rings. The van der Waals surface area contributed by atoms with Gasteiger partial charge < -0.3 is 0 Å². The highest BCUT2D eigenvalue weighted by atomic mass is 35.5. The highest BCUT2D eigenvalue weighted by Crippen LogP contribution is 2.11. The lowest BCUT2D eigenvalue weighted by atomic mass is 10.3. The summed E-state index contributed by atoms with van der Waals surface area (Å²) in [4.78, 5) is 12.5. The van der Waals surface area contributed by atoms with Crippen LogP contribution >= 0.6 is 22.9 Å². The van der Waals surface area contributed by atoms with E-state index in [1.54, 1.807) is 23.6 Å². The molecule has 0 radical (unpaired) electrons. The maximum Gasteiger partial charge on any atom is 0.135 e. The molecule has 2 aromatic heterocycles. The monoisotopic (exact) mass is 225 g/mol. The molecule has 2 aromatic rings. The molecule has 0 atom stereocenters. The van der Waals surface area contributed by atoms with Gasteiger partial charge in [-0.05, 0) is 13.0 Å². The van der Waals surface area contributed by atoms with Gasteiger partial charge in [-0.1, -0.05) is 11.6 Å². The zero-order chi connectivity index (χ0) is 9.97. The zero-order valence-electron chi connectivity index (χ0n) is 7.57. The Morgan fingerprint density at radius 3 is 2.93 bits per heavy atom. The van der Waals surface area contributed by atoms with E-state index in [-0.39, 0.29) is 0 Å². The lowest BCUT2D eigenvalue weighted by Gasteiger charge is -1.96. The van der Waals surface area contributed by atoms with Crippen LogP contribution in [0.3, 0.4) is 0 Å². The molecule has 0 aliphatic rings. The molecule has 2 heterocycles. The molecular formula is C9H8ClN3S. The number of thiazole rings is 1. The fourth-order valence-corrected chi connectivity index (χ4v) is 1.88. The first kappa shape index (κ1) is 9.55. The summed E-state index contributed by atoms with van der Waals surface area (Å²) < 4.78 is 0. The molecule has 0 N–H and O–H groups in total. The van der Waals surface area contributed by atoms with Crippen LogP contribution in [-0.2, 0) is 6.42 Å². The van der Waals surface area contributed by atoms with E-state index in [4.69, 9.17) is 11.6 Å². The molecule has 0 amide bonds. The van der Waals surface area contributed by atoms with Crippen LogP contribution < -0.4 is 0 Å². The topological polar surface area (TPSA) is 38.7 Å². The van der Waals surface area contributed by atoms with E-state index in [9.17, 15) is 0 Å². The van der Waals surface area contributed by atoms with Gasteiger partial charge in [0, 0.05) is 11.6 Å². The van der Waals surface area contributed by atoms with Crippen LogP contribution in [0, 0.1) is 6.92 Å². The SMILES string of the molecule is Cc1nc(Cc2nccc(Cl)n2)cs1. The van der Waals surface area contributed by atoms with Gasteiger partial charge in [-0.3, -0.25) is 0 Å². The summed E-state index contributed by atoms with van der Waals surface area (Å²) in [5.41, 5.74) is 0.995. The maximum absolute atomic E-state index is 5.75. The average Bonchev–Trinajstić information content (AvgIpc) is 2.51. The minimum Gasteiger partial charge on any atom is -0.246 e. The molecule has 0 unspecified atom stereocenters. The van der Waals surface area contributed by atoms with Gasteiger partial charge in [-0.15, -0.1) is 11.3 Å². The third kappa shape index (κ3) is 2.27. The molecule has 0 saturated heterocycles. The van der Waals surface area contributed by atoms with Crippen molar-refractivity contribution in [2.24, 2.45) is 0 Å². The van der Waals surface area contributed by atoms with E-state index in [0.29, 0.717) is 17.4 Å². The van der Waals surface area contributed by atoms with Crippen LogP contribution in [0.15, 0.2) is 17.6 Å². The second-order valence-corrected chi connectivity index (χ2v) is 4.28.